The number of nitro benzene ring substituents is 1. The number of esters is 1. The summed E-state index contributed by atoms with van der Waals surface area (Å²) in [7, 11) is 0. The van der Waals surface area contributed by atoms with Gasteiger partial charge in [0.25, 0.3) is 5.69 Å². The fourth-order valence-corrected chi connectivity index (χ4v) is 1.68. The molecule has 2 aromatic carbocycles. The summed E-state index contributed by atoms with van der Waals surface area (Å²) in [5.41, 5.74) is 0.760. The summed E-state index contributed by atoms with van der Waals surface area (Å²) in [4.78, 5) is 21.9. The molecule has 21 heavy (non-hydrogen) atoms. The first-order valence-electron chi connectivity index (χ1n) is 6.34. The number of carbonyl (C=O) groups is 1. The van der Waals surface area contributed by atoms with E-state index in [2.05, 4.69) is 5.32 Å². The molecule has 0 bridgehead atoms. The molecule has 0 amide bonds. The van der Waals surface area contributed by atoms with Crippen LogP contribution in [0.2, 0.25) is 0 Å². The molecule has 1 atom stereocenters. The summed E-state index contributed by atoms with van der Waals surface area (Å²) in [6.07, 6.45) is 0. The van der Waals surface area contributed by atoms with Crippen LogP contribution < -0.4 is 10.1 Å². The minimum atomic E-state index is -0.539. The first-order chi connectivity index (χ1) is 10.1. The normalized spacial score (nSPS) is 11.5. The second-order valence-electron chi connectivity index (χ2n) is 4.40. The van der Waals surface area contributed by atoms with Gasteiger partial charge in [0.05, 0.1) is 4.92 Å². The summed E-state index contributed by atoms with van der Waals surface area (Å²) in [6, 6.07) is 14.1. The highest BCUT2D eigenvalue weighted by molar-refractivity contribution is 5.80. The summed E-state index contributed by atoms with van der Waals surface area (Å²) >= 11 is 0. The molecule has 6 nitrogen and oxygen atoms in total. The van der Waals surface area contributed by atoms with E-state index in [9.17, 15) is 14.9 Å². The average molecular weight is 286 g/mol. The summed E-state index contributed by atoms with van der Waals surface area (Å²) in [5, 5.41) is 13.5. The van der Waals surface area contributed by atoms with E-state index in [0.29, 0.717) is 0 Å². The van der Waals surface area contributed by atoms with Gasteiger partial charge in [0.1, 0.15) is 11.8 Å². The van der Waals surface area contributed by atoms with Crippen LogP contribution in [0.15, 0.2) is 54.6 Å². The van der Waals surface area contributed by atoms with Crippen LogP contribution in [-0.4, -0.2) is 16.9 Å². The number of nitro groups is 1. The molecule has 0 radical (unpaired) electrons. The molecule has 1 N–H and O–H groups in total. The second-order valence-corrected chi connectivity index (χ2v) is 4.40. The van der Waals surface area contributed by atoms with Gasteiger partial charge in [-0.05, 0) is 31.2 Å². The Morgan fingerprint density at radius 1 is 1.14 bits per heavy atom. The fraction of sp³-hybridized carbons (Fsp3) is 0.133. The van der Waals surface area contributed by atoms with Gasteiger partial charge in [-0.3, -0.25) is 10.1 Å². The average Bonchev–Trinajstić information content (AvgIpc) is 2.48. The minimum Gasteiger partial charge on any atom is -0.425 e. The molecule has 0 aromatic heterocycles. The molecule has 2 rings (SSSR count). The van der Waals surface area contributed by atoms with E-state index in [1.54, 1.807) is 6.92 Å². The van der Waals surface area contributed by atoms with E-state index < -0.39 is 16.9 Å². The molecule has 0 aliphatic rings. The van der Waals surface area contributed by atoms with Crippen molar-refractivity contribution >= 4 is 17.3 Å². The van der Waals surface area contributed by atoms with Gasteiger partial charge in [0.15, 0.2) is 0 Å². The Morgan fingerprint density at radius 3 is 2.33 bits per heavy atom. The molecule has 0 heterocycles. The number of rotatable bonds is 5. The zero-order valence-corrected chi connectivity index (χ0v) is 11.4. The van der Waals surface area contributed by atoms with Crippen molar-refractivity contribution in [3.05, 3.63) is 64.7 Å². The summed E-state index contributed by atoms with van der Waals surface area (Å²) in [6.45, 7) is 1.68. The van der Waals surface area contributed by atoms with E-state index in [0.717, 1.165) is 5.69 Å². The standard InChI is InChI=1S/C15H14N2O4/c1-11(16-12-5-3-2-4-6-12)15(18)21-14-9-7-13(8-10-14)17(19)20/h2-11,16H,1H3. The highest BCUT2D eigenvalue weighted by Crippen LogP contribution is 2.18. The molecule has 0 aliphatic carbocycles. The van der Waals surface area contributed by atoms with Gasteiger partial charge in [-0.2, -0.15) is 0 Å². The van der Waals surface area contributed by atoms with Crippen molar-refractivity contribution in [1.29, 1.82) is 0 Å². The zero-order chi connectivity index (χ0) is 15.2. The Balaban J connectivity index is 1.95. The maximum atomic E-state index is 11.9. The number of non-ortho nitro benzene ring substituents is 1. The predicted octanol–water partition coefficient (Wildman–Crippen LogP) is 3.00. The van der Waals surface area contributed by atoms with Crippen LogP contribution in [-0.2, 0) is 4.79 Å². The van der Waals surface area contributed by atoms with Crippen molar-refractivity contribution < 1.29 is 14.5 Å². The maximum Gasteiger partial charge on any atom is 0.333 e. The van der Waals surface area contributed by atoms with Gasteiger partial charge < -0.3 is 10.1 Å². The maximum absolute atomic E-state index is 11.9. The molecule has 108 valence electrons. The quantitative estimate of drug-likeness (QED) is 0.395. The molecule has 6 heteroatoms. The van der Waals surface area contributed by atoms with Crippen molar-refractivity contribution in [2.45, 2.75) is 13.0 Å². The van der Waals surface area contributed by atoms with Gasteiger partial charge >= 0.3 is 5.97 Å². The van der Waals surface area contributed by atoms with Crippen LogP contribution in [0.3, 0.4) is 0 Å². The van der Waals surface area contributed by atoms with E-state index in [1.165, 1.54) is 24.3 Å². The highest BCUT2D eigenvalue weighted by Gasteiger charge is 2.15. The lowest BCUT2D eigenvalue weighted by Crippen LogP contribution is -2.30. The van der Waals surface area contributed by atoms with Gasteiger partial charge in [-0.1, -0.05) is 18.2 Å². The van der Waals surface area contributed by atoms with Gasteiger partial charge in [0.2, 0.25) is 0 Å². The lowest BCUT2D eigenvalue weighted by Gasteiger charge is -2.14. The number of hydrogen-bond donors (Lipinski definition) is 1. The number of nitrogens with one attached hydrogen (secondary N) is 1. The number of nitrogens with zero attached hydrogens (tertiary/aromatic N) is 1. The summed E-state index contributed by atoms with van der Waals surface area (Å²) in [5.74, 6) is -0.194. The Hall–Kier alpha value is -2.89. The fourth-order valence-electron chi connectivity index (χ4n) is 1.68. The van der Waals surface area contributed by atoms with Crippen molar-refractivity contribution in [2.75, 3.05) is 5.32 Å². The first-order valence-corrected chi connectivity index (χ1v) is 6.34. The van der Waals surface area contributed by atoms with Gasteiger partial charge in [0, 0.05) is 17.8 Å². The Morgan fingerprint density at radius 2 is 1.76 bits per heavy atom. The van der Waals surface area contributed by atoms with Crippen molar-refractivity contribution in [2.24, 2.45) is 0 Å². The van der Waals surface area contributed by atoms with E-state index in [1.807, 2.05) is 30.3 Å². The number of carbonyl (C=O) groups excluding carboxylic acids is 1. The predicted molar refractivity (Wildman–Crippen MR) is 78.3 cm³/mol. The Bertz CT molecular complexity index is 626. The summed E-state index contributed by atoms with van der Waals surface area (Å²) < 4.78 is 5.16. The third kappa shape index (κ3) is 4.04. The van der Waals surface area contributed by atoms with Gasteiger partial charge in [-0.15, -0.1) is 0 Å². The molecular formula is C15H14N2O4. The molecule has 0 spiro atoms. The van der Waals surface area contributed by atoms with Crippen molar-refractivity contribution in [3.8, 4) is 5.75 Å². The molecule has 0 saturated carbocycles. The highest BCUT2D eigenvalue weighted by atomic mass is 16.6. The van der Waals surface area contributed by atoms with Crippen LogP contribution in [0.5, 0.6) is 5.75 Å². The van der Waals surface area contributed by atoms with Crippen LogP contribution >= 0.6 is 0 Å². The lowest BCUT2D eigenvalue weighted by atomic mass is 10.2. The largest absolute Gasteiger partial charge is 0.425 e. The Kier molecular flexibility index (Phi) is 4.50. The molecular weight excluding hydrogens is 272 g/mol. The number of benzene rings is 2. The van der Waals surface area contributed by atoms with E-state index in [4.69, 9.17) is 4.74 Å². The van der Waals surface area contributed by atoms with Crippen molar-refractivity contribution in [3.63, 3.8) is 0 Å². The topological polar surface area (TPSA) is 81.5 Å². The van der Waals surface area contributed by atoms with Crippen LogP contribution in [0.1, 0.15) is 6.92 Å². The molecule has 0 aliphatic heterocycles. The monoisotopic (exact) mass is 286 g/mol. The zero-order valence-electron chi connectivity index (χ0n) is 11.4. The van der Waals surface area contributed by atoms with Crippen LogP contribution in [0.4, 0.5) is 11.4 Å². The van der Waals surface area contributed by atoms with Crippen molar-refractivity contribution in [1.82, 2.24) is 0 Å². The van der Waals surface area contributed by atoms with Gasteiger partial charge in [-0.25, -0.2) is 4.79 Å². The smallest absolute Gasteiger partial charge is 0.333 e. The van der Waals surface area contributed by atoms with Crippen LogP contribution in [0, 0.1) is 10.1 Å². The third-order valence-electron chi connectivity index (χ3n) is 2.78. The SMILES string of the molecule is CC(Nc1ccccc1)C(=O)Oc1ccc([N+](=O)[O-])cc1. The van der Waals surface area contributed by atoms with E-state index in [-0.39, 0.29) is 11.4 Å². The minimum absolute atomic E-state index is 0.0507. The molecule has 0 fully saturated rings. The molecule has 0 saturated heterocycles. The molecule has 1 unspecified atom stereocenters. The van der Waals surface area contributed by atoms with E-state index >= 15 is 0 Å². The molecule has 2 aromatic rings. The number of anilines is 1. The number of hydrogen-bond acceptors (Lipinski definition) is 5. The third-order valence-corrected chi connectivity index (χ3v) is 2.78. The second kappa shape index (κ2) is 6.51. The Labute approximate surface area is 121 Å². The number of para-hydroxylation sites is 1. The first kappa shape index (κ1) is 14.5. The number of ether oxygens (including phenoxy) is 1. The lowest BCUT2D eigenvalue weighted by molar-refractivity contribution is -0.384. The van der Waals surface area contributed by atoms with Crippen LogP contribution in [0.25, 0.3) is 0 Å².